The number of nitrogens with zero attached hydrogens (tertiary/aromatic N) is 2. The van der Waals surface area contributed by atoms with Crippen LogP contribution >= 0.6 is 0 Å². The van der Waals surface area contributed by atoms with Crippen LogP contribution in [-0.4, -0.2) is 15.7 Å². The maximum absolute atomic E-state index is 10.8. The van der Waals surface area contributed by atoms with E-state index in [-0.39, 0.29) is 12.3 Å². The highest BCUT2D eigenvalue weighted by Crippen LogP contribution is 2.21. The highest BCUT2D eigenvalue weighted by molar-refractivity contribution is 5.74. The van der Waals surface area contributed by atoms with E-state index < -0.39 is 5.54 Å². The van der Waals surface area contributed by atoms with Crippen LogP contribution in [0.4, 0.5) is 5.69 Å². The molecular formula is C9H16N4O. The lowest BCUT2D eigenvalue weighted by Crippen LogP contribution is -2.32. The molecule has 0 bridgehead atoms. The molecule has 5 heteroatoms. The van der Waals surface area contributed by atoms with Crippen molar-refractivity contribution in [3.63, 3.8) is 0 Å². The van der Waals surface area contributed by atoms with Crippen LogP contribution in [-0.2, 0) is 10.3 Å². The first-order valence-corrected chi connectivity index (χ1v) is 4.43. The first-order chi connectivity index (χ1) is 6.33. The lowest BCUT2D eigenvalue weighted by Gasteiger charge is -2.23. The van der Waals surface area contributed by atoms with Gasteiger partial charge in [0.1, 0.15) is 0 Å². The molecule has 0 fully saturated rings. The molecule has 0 aliphatic rings. The van der Waals surface area contributed by atoms with E-state index in [4.69, 9.17) is 11.5 Å². The van der Waals surface area contributed by atoms with Crippen molar-refractivity contribution in [2.75, 3.05) is 5.73 Å². The molecule has 0 radical (unpaired) electrons. The average molecular weight is 196 g/mol. The number of primary amides is 1. The Bertz CT molecular complexity index is 334. The summed E-state index contributed by atoms with van der Waals surface area (Å²) in [5.41, 5.74) is 11.8. The molecule has 0 aliphatic heterocycles. The van der Waals surface area contributed by atoms with Crippen LogP contribution in [0.5, 0.6) is 0 Å². The molecule has 1 aromatic rings. The van der Waals surface area contributed by atoms with Gasteiger partial charge in [0.15, 0.2) is 0 Å². The molecule has 1 heterocycles. The number of nitrogens with two attached hydrogens (primary N) is 2. The van der Waals surface area contributed by atoms with Crippen molar-refractivity contribution in [3.05, 3.63) is 11.9 Å². The lowest BCUT2D eigenvalue weighted by atomic mass is 10.0. The van der Waals surface area contributed by atoms with Gasteiger partial charge in [0, 0.05) is 6.20 Å². The van der Waals surface area contributed by atoms with E-state index in [0.29, 0.717) is 5.69 Å². The van der Waals surface area contributed by atoms with Crippen LogP contribution in [0, 0.1) is 6.92 Å². The van der Waals surface area contributed by atoms with Gasteiger partial charge in [-0.1, -0.05) is 0 Å². The molecule has 0 aliphatic carbocycles. The van der Waals surface area contributed by atoms with Crippen LogP contribution in [0.25, 0.3) is 0 Å². The normalized spacial score (nSPS) is 11.6. The fourth-order valence-electron chi connectivity index (χ4n) is 1.29. The summed E-state index contributed by atoms with van der Waals surface area (Å²) < 4.78 is 1.68. The molecule has 0 aromatic carbocycles. The summed E-state index contributed by atoms with van der Waals surface area (Å²) in [6, 6.07) is 0. The molecule has 1 rings (SSSR count). The van der Waals surface area contributed by atoms with Crippen molar-refractivity contribution in [2.24, 2.45) is 5.73 Å². The number of anilines is 1. The predicted octanol–water partition coefficient (Wildman–Crippen LogP) is 0.384. The molecule has 0 atom stereocenters. The minimum atomic E-state index is -0.422. The summed E-state index contributed by atoms with van der Waals surface area (Å²) >= 11 is 0. The number of aromatic nitrogens is 2. The molecule has 0 spiro atoms. The Kier molecular flexibility index (Phi) is 2.51. The van der Waals surface area contributed by atoms with E-state index in [2.05, 4.69) is 5.10 Å². The van der Waals surface area contributed by atoms with Crippen LogP contribution in [0.15, 0.2) is 6.20 Å². The number of amides is 1. The smallest absolute Gasteiger partial charge is 0.219 e. The molecule has 1 aromatic heterocycles. The van der Waals surface area contributed by atoms with Gasteiger partial charge in [0.05, 0.1) is 23.3 Å². The molecular weight excluding hydrogens is 180 g/mol. The zero-order valence-electron chi connectivity index (χ0n) is 8.74. The number of rotatable bonds is 3. The minimum Gasteiger partial charge on any atom is -0.396 e. The van der Waals surface area contributed by atoms with Gasteiger partial charge in [-0.05, 0) is 20.8 Å². The van der Waals surface area contributed by atoms with Gasteiger partial charge in [-0.25, -0.2) is 0 Å². The number of nitrogen functional groups attached to an aromatic ring is 1. The van der Waals surface area contributed by atoms with Crippen molar-refractivity contribution in [2.45, 2.75) is 32.7 Å². The molecule has 0 saturated heterocycles. The third-order valence-electron chi connectivity index (χ3n) is 2.16. The Morgan fingerprint density at radius 3 is 2.57 bits per heavy atom. The van der Waals surface area contributed by atoms with Gasteiger partial charge < -0.3 is 11.5 Å². The van der Waals surface area contributed by atoms with Gasteiger partial charge in [-0.2, -0.15) is 5.10 Å². The predicted molar refractivity (Wildman–Crippen MR) is 54.5 cm³/mol. The highest BCUT2D eigenvalue weighted by Gasteiger charge is 2.24. The van der Waals surface area contributed by atoms with E-state index in [1.54, 1.807) is 10.9 Å². The maximum atomic E-state index is 10.8. The second kappa shape index (κ2) is 3.32. The van der Waals surface area contributed by atoms with Crippen LogP contribution < -0.4 is 11.5 Å². The van der Waals surface area contributed by atoms with E-state index in [1.807, 2.05) is 20.8 Å². The van der Waals surface area contributed by atoms with Crippen LogP contribution in [0.1, 0.15) is 26.0 Å². The van der Waals surface area contributed by atoms with Crippen LogP contribution in [0.2, 0.25) is 0 Å². The standard InChI is InChI=1S/C9H16N4O/c1-6-7(10)5-13(12-6)9(2,3)4-8(11)14/h5H,4,10H2,1-3H3,(H2,11,14). The van der Waals surface area contributed by atoms with E-state index in [1.165, 1.54) is 0 Å². The van der Waals surface area contributed by atoms with Crippen molar-refractivity contribution in [1.29, 1.82) is 0 Å². The molecule has 0 saturated carbocycles. The molecule has 14 heavy (non-hydrogen) atoms. The first kappa shape index (κ1) is 10.6. The molecule has 1 amide bonds. The van der Waals surface area contributed by atoms with E-state index >= 15 is 0 Å². The van der Waals surface area contributed by atoms with Crippen molar-refractivity contribution < 1.29 is 4.79 Å². The summed E-state index contributed by atoms with van der Waals surface area (Å²) in [7, 11) is 0. The number of hydrogen-bond donors (Lipinski definition) is 2. The Labute approximate surface area is 83.1 Å². The second-order valence-electron chi connectivity index (χ2n) is 4.07. The van der Waals surface area contributed by atoms with E-state index in [9.17, 15) is 4.79 Å². The molecule has 4 N–H and O–H groups in total. The summed E-state index contributed by atoms with van der Waals surface area (Å²) in [5, 5.41) is 4.22. The zero-order chi connectivity index (χ0) is 10.9. The topological polar surface area (TPSA) is 86.9 Å². The van der Waals surface area contributed by atoms with Crippen molar-refractivity contribution in [1.82, 2.24) is 9.78 Å². The number of carbonyl (C=O) groups is 1. The number of hydrogen-bond acceptors (Lipinski definition) is 3. The number of aryl methyl sites for hydroxylation is 1. The Morgan fingerprint density at radius 2 is 2.21 bits per heavy atom. The average Bonchev–Trinajstić information content (AvgIpc) is 2.30. The summed E-state index contributed by atoms with van der Waals surface area (Å²) in [5.74, 6) is -0.346. The van der Waals surface area contributed by atoms with Gasteiger partial charge in [0.2, 0.25) is 5.91 Å². The Hall–Kier alpha value is -1.52. The third kappa shape index (κ3) is 2.04. The monoisotopic (exact) mass is 196 g/mol. The lowest BCUT2D eigenvalue weighted by molar-refractivity contribution is -0.119. The Balaban J connectivity index is 2.97. The summed E-state index contributed by atoms with van der Waals surface area (Å²) in [6.07, 6.45) is 1.96. The molecule has 78 valence electrons. The quantitative estimate of drug-likeness (QED) is 0.732. The minimum absolute atomic E-state index is 0.244. The third-order valence-corrected chi connectivity index (χ3v) is 2.16. The second-order valence-corrected chi connectivity index (χ2v) is 4.07. The van der Waals surface area contributed by atoms with Crippen molar-refractivity contribution in [3.8, 4) is 0 Å². The largest absolute Gasteiger partial charge is 0.396 e. The van der Waals surface area contributed by atoms with Gasteiger partial charge >= 0.3 is 0 Å². The fraction of sp³-hybridized carbons (Fsp3) is 0.556. The zero-order valence-corrected chi connectivity index (χ0v) is 8.74. The number of carbonyl (C=O) groups excluding carboxylic acids is 1. The Morgan fingerprint density at radius 1 is 1.64 bits per heavy atom. The van der Waals surface area contributed by atoms with Crippen LogP contribution in [0.3, 0.4) is 0 Å². The summed E-state index contributed by atoms with van der Waals surface area (Å²) in [6.45, 7) is 5.61. The van der Waals surface area contributed by atoms with Crippen molar-refractivity contribution >= 4 is 11.6 Å². The summed E-state index contributed by atoms with van der Waals surface area (Å²) in [4.78, 5) is 10.8. The van der Waals surface area contributed by atoms with Gasteiger partial charge in [-0.15, -0.1) is 0 Å². The molecule has 5 nitrogen and oxygen atoms in total. The van der Waals surface area contributed by atoms with Gasteiger partial charge in [-0.3, -0.25) is 9.48 Å². The first-order valence-electron chi connectivity index (χ1n) is 4.43. The maximum Gasteiger partial charge on any atom is 0.219 e. The van der Waals surface area contributed by atoms with Gasteiger partial charge in [0.25, 0.3) is 0 Å². The highest BCUT2D eigenvalue weighted by atomic mass is 16.1. The van der Waals surface area contributed by atoms with E-state index in [0.717, 1.165) is 5.69 Å². The fourth-order valence-corrected chi connectivity index (χ4v) is 1.29. The molecule has 0 unspecified atom stereocenters. The SMILES string of the molecule is Cc1nn(C(C)(C)CC(N)=O)cc1N.